The summed E-state index contributed by atoms with van der Waals surface area (Å²) in [6.45, 7) is 9.53. The van der Waals surface area contributed by atoms with E-state index >= 15 is 0 Å². The van der Waals surface area contributed by atoms with E-state index in [9.17, 15) is 0 Å². The number of hydrogen-bond donors (Lipinski definition) is 2. The first-order chi connectivity index (χ1) is 11.8. The summed E-state index contributed by atoms with van der Waals surface area (Å²) in [5.74, 6) is 0. The Balaban J connectivity index is 0. The Morgan fingerprint density at radius 3 is 1.38 bits per heavy atom. The normalized spacial score (nSPS) is 10.8. The summed E-state index contributed by atoms with van der Waals surface area (Å²) < 4.78 is 0. The van der Waals surface area contributed by atoms with Gasteiger partial charge in [0, 0.05) is 0 Å². The smallest absolute Gasteiger partial charge is 0.00773 e. The Bertz CT molecular complexity index is 212. The summed E-state index contributed by atoms with van der Waals surface area (Å²) in [5, 5.41) is 3.11. The number of hydrogen-bond acceptors (Lipinski definition) is 2. The fourth-order valence-electron chi connectivity index (χ4n) is 2.64. The van der Waals surface area contributed by atoms with Crippen LogP contribution in [0.5, 0.6) is 0 Å². The van der Waals surface area contributed by atoms with E-state index in [1.807, 2.05) is 0 Å². The predicted molar refractivity (Wildman–Crippen MR) is 113 cm³/mol. The maximum atomic E-state index is 5.47. The van der Waals surface area contributed by atoms with Crippen LogP contribution >= 0.6 is 0 Å². The van der Waals surface area contributed by atoms with Crippen molar-refractivity contribution in [3.05, 3.63) is 12.2 Å². The van der Waals surface area contributed by atoms with Crippen LogP contribution in [0.3, 0.4) is 0 Å². The molecule has 0 saturated carbocycles. The zero-order valence-corrected chi connectivity index (χ0v) is 17.3. The fraction of sp³-hybridized carbons (Fsp3) is 0.909. The Hall–Kier alpha value is -0.340. The summed E-state index contributed by atoms with van der Waals surface area (Å²) in [7, 11) is 0. The van der Waals surface area contributed by atoms with Gasteiger partial charge in [0.25, 0.3) is 0 Å². The number of allylic oxidation sites excluding steroid dienone is 2. The first-order valence-electron chi connectivity index (χ1n) is 10.9. The molecule has 0 spiro atoms. The van der Waals surface area contributed by atoms with Crippen LogP contribution in [0, 0.1) is 0 Å². The van der Waals surface area contributed by atoms with Gasteiger partial charge in [-0.15, -0.1) is 0 Å². The van der Waals surface area contributed by atoms with Crippen LogP contribution in [-0.4, -0.2) is 19.6 Å². The minimum absolute atomic E-state index is 0.862. The Kier molecular flexibility index (Phi) is 29.7. The van der Waals surface area contributed by atoms with Crippen molar-refractivity contribution in [2.75, 3.05) is 19.6 Å². The van der Waals surface area contributed by atoms with Gasteiger partial charge in [-0.25, -0.2) is 0 Å². The summed E-state index contributed by atoms with van der Waals surface area (Å²) in [4.78, 5) is 0. The summed E-state index contributed by atoms with van der Waals surface area (Å²) in [6, 6.07) is 0. The van der Waals surface area contributed by atoms with Gasteiger partial charge in [-0.1, -0.05) is 90.7 Å². The van der Waals surface area contributed by atoms with Crippen LogP contribution in [0.25, 0.3) is 0 Å². The second kappa shape index (κ2) is 27.5. The van der Waals surface area contributed by atoms with Crippen molar-refractivity contribution in [2.45, 2.75) is 111 Å². The van der Waals surface area contributed by atoms with Gasteiger partial charge in [0.1, 0.15) is 0 Å². The highest BCUT2D eigenvalue weighted by Gasteiger charge is 1.90. The minimum Gasteiger partial charge on any atom is -0.330 e. The van der Waals surface area contributed by atoms with E-state index < -0.39 is 0 Å². The highest BCUT2D eigenvalue weighted by atomic mass is 14.8. The third-order valence-electron chi connectivity index (χ3n) is 4.22. The molecule has 0 unspecified atom stereocenters. The number of nitrogens with one attached hydrogen (secondary N) is 1. The average Bonchev–Trinajstić information content (AvgIpc) is 2.60. The van der Waals surface area contributed by atoms with Gasteiger partial charge < -0.3 is 11.1 Å². The van der Waals surface area contributed by atoms with Gasteiger partial charge in [-0.2, -0.15) is 0 Å². The molecule has 0 aromatic rings. The summed E-state index contributed by atoms with van der Waals surface area (Å²) >= 11 is 0. The Labute approximate surface area is 154 Å². The molecule has 0 aliphatic heterocycles. The molecule has 0 fully saturated rings. The van der Waals surface area contributed by atoms with E-state index in [-0.39, 0.29) is 0 Å². The lowest BCUT2D eigenvalue weighted by Gasteiger charge is -1.99. The topological polar surface area (TPSA) is 38.0 Å². The van der Waals surface area contributed by atoms with Gasteiger partial charge in [0.2, 0.25) is 0 Å². The van der Waals surface area contributed by atoms with Crippen molar-refractivity contribution >= 4 is 0 Å². The maximum absolute atomic E-state index is 5.47. The van der Waals surface area contributed by atoms with Crippen molar-refractivity contribution in [1.29, 1.82) is 0 Å². The average molecular weight is 341 g/mol. The lowest BCUT2D eigenvalue weighted by atomic mass is 10.1. The maximum Gasteiger partial charge on any atom is -0.00773 e. The molecule has 0 aromatic carbocycles. The quantitative estimate of drug-likeness (QED) is 0.231. The van der Waals surface area contributed by atoms with Gasteiger partial charge in [0.05, 0.1) is 0 Å². The SMILES string of the molecule is CCCCCCCC/C=C\CCCCCCCCN.CCNCC. The van der Waals surface area contributed by atoms with E-state index in [0.717, 1.165) is 19.6 Å². The Morgan fingerprint density at radius 1 is 0.583 bits per heavy atom. The molecular weight excluding hydrogens is 292 g/mol. The molecule has 0 heterocycles. The highest BCUT2D eigenvalue weighted by molar-refractivity contribution is 4.81. The molecule has 0 saturated heterocycles. The molecule has 146 valence electrons. The second-order valence-electron chi connectivity index (χ2n) is 6.68. The number of rotatable bonds is 17. The van der Waals surface area contributed by atoms with Gasteiger partial charge >= 0.3 is 0 Å². The molecule has 0 aliphatic carbocycles. The lowest BCUT2D eigenvalue weighted by Crippen LogP contribution is -2.09. The molecule has 0 amide bonds. The standard InChI is InChI=1S/C18H37N.C4H11N/c1-2-3-4-5-6-7-8-9-10-11-12-13-14-15-16-17-18-19;1-3-5-4-2/h9-10H,2-8,11-19H2,1H3;5H,3-4H2,1-2H3/b10-9-;. The van der Waals surface area contributed by atoms with Crippen LogP contribution in [0.4, 0.5) is 0 Å². The molecule has 0 atom stereocenters. The van der Waals surface area contributed by atoms with Crippen LogP contribution < -0.4 is 11.1 Å². The van der Waals surface area contributed by atoms with Gasteiger partial charge in [0.15, 0.2) is 0 Å². The molecule has 2 nitrogen and oxygen atoms in total. The molecule has 24 heavy (non-hydrogen) atoms. The molecule has 0 rings (SSSR count). The molecule has 0 radical (unpaired) electrons. The zero-order chi connectivity index (χ0) is 18.1. The van der Waals surface area contributed by atoms with E-state index in [1.165, 1.54) is 89.9 Å². The molecule has 0 aromatic heterocycles. The molecular formula is C22H48N2. The van der Waals surface area contributed by atoms with Crippen LogP contribution in [0.1, 0.15) is 111 Å². The summed E-state index contributed by atoms with van der Waals surface area (Å²) in [5.41, 5.74) is 5.47. The van der Waals surface area contributed by atoms with E-state index in [1.54, 1.807) is 0 Å². The largest absolute Gasteiger partial charge is 0.330 e. The summed E-state index contributed by atoms with van der Waals surface area (Å²) in [6.07, 6.45) is 23.9. The first kappa shape index (κ1) is 25.9. The predicted octanol–water partition coefficient (Wildman–Crippen LogP) is 6.60. The Morgan fingerprint density at radius 2 is 1.00 bits per heavy atom. The second-order valence-corrected chi connectivity index (χ2v) is 6.68. The molecule has 0 bridgehead atoms. The third-order valence-corrected chi connectivity index (χ3v) is 4.22. The molecule has 3 N–H and O–H groups in total. The molecule has 0 aliphatic rings. The third kappa shape index (κ3) is 29.6. The molecule has 2 heteroatoms. The van der Waals surface area contributed by atoms with Crippen LogP contribution in [0.15, 0.2) is 12.2 Å². The number of nitrogens with two attached hydrogens (primary N) is 1. The van der Waals surface area contributed by atoms with E-state index in [0.29, 0.717) is 0 Å². The van der Waals surface area contributed by atoms with Crippen molar-refractivity contribution in [3.8, 4) is 0 Å². The van der Waals surface area contributed by atoms with E-state index in [4.69, 9.17) is 5.73 Å². The van der Waals surface area contributed by atoms with Gasteiger partial charge in [-0.05, 0) is 51.7 Å². The van der Waals surface area contributed by atoms with Gasteiger partial charge in [-0.3, -0.25) is 0 Å². The van der Waals surface area contributed by atoms with Crippen molar-refractivity contribution < 1.29 is 0 Å². The van der Waals surface area contributed by atoms with Crippen molar-refractivity contribution in [3.63, 3.8) is 0 Å². The minimum atomic E-state index is 0.862. The van der Waals surface area contributed by atoms with Crippen LogP contribution in [-0.2, 0) is 0 Å². The zero-order valence-electron chi connectivity index (χ0n) is 17.3. The van der Waals surface area contributed by atoms with Crippen molar-refractivity contribution in [1.82, 2.24) is 5.32 Å². The van der Waals surface area contributed by atoms with Crippen LogP contribution in [0.2, 0.25) is 0 Å². The monoisotopic (exact) mass is 340 g/mol. The fourth-order valence-corrected chi connectivity index (χ4v) is 2.64. The van der Waals surface area contributed by atoms with Crippen molar-refractivity contribution in [2.24, 2.45) is 5.73 Å². The lowest BCUT2D eigenvalue weighted by molar-refractivity contribution is 0.599. The first-order valence-corrected chi connectivity index (χ1v) is 10.9. The number of unbranched alkanes of at least 4 members (excludes halogenated alkanes) is 12. The highest BCUT2D eigenvalue weighted by Crippen LogP contribution is 2.09. The van der Waals surface area contributed by atoms with E-state index in [2.05, 4.69) is 38.2 Å².